The van der Waals surface area contributed by atoms with Crippen molar-refractivity contribution in [1.82, 2.24) is 15.5 Å². The van der Waals surface area contributed by atoms with Crippen molar-refractivity contribution in [2.75, 3.05) is 40.9 Å². The minimum atomic E-state index is -0.243. The number of nitrogens with one attached hydrogen (secondary N) is 2. The van der Waals surface area contributed by atoms with Crippen molar-refractivity contribution >= 4 is 12.1 Å². The number of benzene rings is 1. The van der Waals surface area contributed by atoms with E-state index in [0.29, 0.717) is 19.1 Å². The zero-order chi connectivity index (χ0) is 20.7. The van der Waals surface area contributed by atoms with Crippen LogP contribution in [0.1, 0.15) is 44.1 Å². The van der Waals surface area contributed by atoms with Gasteiger partial charge in [-0.25, -0.2) is 4.79 Å². The minimum absolute atomic E-state index is 0.112. The molecule has 1 aliphatic carbocycles. The van der Waals surface area contributed by atoms with E-state index in [1.54, 1.807) is 12.0 Å². The summed E-state index contributed by atoms with van der Waals surface area (Å²) in [5.41, 5.74) is 1.45. The van der Waals surface area contributed by atoms with E-state index in [4.69, 9.17) is 9.47 Å². The summed E-state index contributed by atoms with van der Waals surface area (Å²) >= 11 is 0. The van der Waals surface area contributed by atoms with E-state index >= 15 is 0 Å². The fraction of sp³-hybridized carbons (Fsp3) is 0.636. The number of piperidine rings is 1. The quantitative estimate of drug-likeness (QED) is 0.585. The molecule has 7 heteroatoms. The summed E-state index contributed by atoms with van der Waals surface area (Å²) in [6.45, 7) is 2.25. The number of methoxy groups -OCH3 is 2. The molecular formula is C22H34N4O3. The number of amides is 1. The molecule has 0 aromatic heterocycles. The number of hydrogen-bond acceptors (Lipinski definition) is 4. The molecule has 0 atom stereocenters. The number of ether oxygens (including phenoxy) is 2. The number of carbonyl (C=O) groups excluding carboxylic acids is 1. The van der Waals surface area contributed by atoms with Crippen LogP contribution in [0.25, 0.3) is 0 Å². The zero-order valence-corrected chi connectivity index (χ0v) is 17.9. The smallest absolute Gasteiger partial charge is 0.409 e. The van der Waals surface area contributed by atoms with E-state index in [1.165, 1.54) is 38.4 Å². The van der Waals surface area contributed by atoms with Gasteiger partial charge in [0.05, 0.1) is 14.2 Å². The summed E-state index contributed by atoms with van der Waals surface area (Å²) in [4.78, 5) is 17.8. The van der Waals surface area contributed by atoms with Crippen molar-refractivity contribution in [3.05, 3.63) is 29.8 Å². The second-order valence-corrected chi connectivity index (χ2v) is 8.02. The lowest BCUT2D eigenvalue weighted by molar-refractivity contribution is 0.111. The molecular weight excluding hydrogens is 368 g/mol. The van der Waals surface area contributed by atoms with Crippen molar-refractivity contribution in [2.24, 2.45) is 4.99 Å². The summed E-state index contributed by atoms with van der Waals surface area (Å²) < 4.78 is 10.3. The Morgan fingerprint density at radius 2 is 1.97 bits per heavy atom. The first kappa shape index (κ1) is 21.3. The number of hydrogen-bond donors (Lipinski definition) is 2. The molecule has 7 nitrogen and oxygen atoms in total. The summed E-state index contributed by atoms with van der Waals surface area (Å²) in [6, 6.07) is 8.77. The van der Waals surface area contributed by atoms with Crippen LogP contribution in [0.3, 0.4) is 0 Å². The van der Waals surface area contributed by atoms with Gasteiger partial charge in [-0.15, -0.1) is 0 Å². The van der Waals surface area contributed by atoms with Crippen molar-refractivity contribution in [1.29, 1.82) is 0 Å². The molecule has 1 heterocycles. The maximum atomic E-state index is 11.7. The van der Waals surface area contributed by atoms with E-state index in [-0.39, 0.29) is 11.5 Å². The molecule has 1 saturated heterocycles. The number of rotatable bonds is 5. The molecule has 0 unspecified atom stereocenters. The van der Waals surface area contributed by atoms with Gasteiger partial charge >= 0.3 is 6.09 Å². The average molecular weight is 403 g/mol. The molecule has 0 bridgehead atoms. The Labute approximate surface area is 173 Å². The normalized spacial score (nSPS) is 19.7. The largest absolute Gasteiger partial charge is 0.497 e. The third kappa shape index (κ3) is 5.14. The molecule has 3 rings (SSSR count). The summed E-state index contributed by atoms with van der Waals surface area (Å²) in [6.07, 6.45) is 6.36. The maximum Gasteiger partial charge on any atom is 0.409 e. The number of carbonyl (C=O) groups is 1. The highest BCUT2D eigenvalue weighted by atomic mass is 16.5. The van der Waals surface area contributed by atoms with Gasteiger partial charge in [0.1, 0.15) is 5.75 Å². The van der Waals surface area contributed by atoms with Crippen LogP contribution in [0, 0.1) is 0 Å². The summed E-state index contributed by atoms with van der Waals surface area (Å²) in [5.74, 6) is 1.74. The lowest BCUT2D eigenvalue weighted by atomic mass is 9.78. The molecule has 0 spiro atoms. The maximum absolute atomic E-state index is 11.7. The topological polar surface area (TPSA) is 75.2 Å². The molecule has 2 N–H and O–H groups in total. The first-order valence-electron chi connectivity index (χ1n) is 10.5. The second-order valence-electron chi connectivity index (χ2n) is 8.02. The van der Waals surface area contributed by atoms with Gasteiger partial charge in [0.2, 0.25) is 0 Å². The van der Waals surface area contributed by atoms with Gasteiger partial charge in [0.15, 0.2) is 5.96 Å². The minimum Gasteiger partial charge on any atom is -0.497 e. The fourth-order valence-electron chi connectivity index (χ4n) is 4.55. The third-order valence-corrected chi connectivity index (χ3v) is 6.33. The van der Waals surface area contributed by atoms with Gasteiger partial charge in [-0.1, -0.05) is 25.0 Å². The Bertz CT molecular complexity index is 708. The first-order chi connectivity index (χ1) is 14.1. The molecule has 2 fully saturated rings. The highest BCUT2D eigenvalue weighted by Crippen LogP contribution is 2.41. The second kappa shape index (κ2) is 9.85. The number of nitrogens with zero attached hydrogens (tertiary/aromatic N) is 2. The van der Waals surface area contributed by atoms with Crippen molar-refractivity contribution < 1.29 is 14.3 Å². The molecule has 1 aromatic carbocycles. The zero-order valence-electron chi connectivity index (χ0n) is 17.9. The van der Waals surface area contributed by atoms with Crippen LogP contribution in [0.5, 0.6) is 5.75 Å². The molecule has 1 amide bonds. The standard InChI is InChI=1S/C22H34N4O3/c1-23-20(25-18-9-13-26(14-10-18)21(27)29-3)24-16-22(11-4-5-12-22)17-7-6-8-19(15-17)28-2/h6-8,15,18H,4-5,9-14,16H2,1-3H3,(H2,23,24,25). The monoisotopic (exact) mass is 402 g/mol. The lowest BCUT2D eigenvalue weighted by Gasteiger charge is -2.34. The van der Waals surface area contributed by atoms with Gasteiger partial charge in [0.25, 0.3) is 0 Å². The van der Waals surface area contributed by atoms with Gasteiger partial charge < -0.3 is 25.0 Å². The average Bonchev–Trinajstić information content (AvgIpc) is 3.26. The van der Waals surface area contributed by atoms with E-state index in [1.807, 2.05) is 13.1 Å². The molecule has 1 aromatic rings. The Kier molecular flexibility index (Phi) is 7.23. The summed E-state index contributed by atoms with van der Waals surface area (Å²) in [7, 11) is 4.96. The first-order valence-corrected chi connectivity index (χ1v) is 10.5. The van der Waals surface area contributed by atoms with E-state index in [2.05, 4.69) is 33.8 Å². The predicted octanol–water partition coefficient (Wildman–Crippen LogP) is 2.90. The van der Waals surface area contributed by atoms with E-state index in [0.717, 1.165) is 31.1 Å². The van der Waals surface area contributed by atoms with Crippen molar-refractivity contribution in [3.8, 4) is 5.75 Å². The van der Waals surface area contributed by atoms with Gasteiger partial charge in [-0.05, 0) is 43.4 Å². The number of likely N-dealkylation sites (tertiary alicyclic amines) is 1. The van der Waals surface area contributed by atoms with Gasteiger partial charge in [-0.3, -0.25) is 4.99 Å². The summed E-state index contributed by atoms with van der Waals surface area (Å²) in [5, 5.41) is 7.11. The van der Waals surface area contributed by atoms with Crippen LogP contribution < -0.4 is 15.4 Å². The Morgan fingerprint density at radius 1 is 1.24 bits per heavy atom. The molecule has 2 aliphatic rings. The lowest BCUT2D eigenvalue weighted by Crippen LogP contribution is -2.51. The van der Waals surface area contributed by atoms with E-state index < -0.39 is 0 Å². The molecule has 1 saturated carbocycles. The highest BCUT2D eigenvalue weighted by Gasteiger charge is 2.36. The van der Waals surface area contributed by atoms with Crippen LogP contribution >= 0.6 is 0 Å². The molecule has 29 heavy (non-hydrogen) atoms. The van der Waals surface area contributed by atoms with Gasteiger partial charge in [0, 0.05) is 38.1 Å². The van der Waals surface area contributed by atoms with Crippen LogP contribution in [0.2, 0.25) is 0 Å². The fourth-order valence-corrected chi connectivity index (χ4v) is 4.55. The Morgan fingerprint density at radius 3 is 2.59 bits per heavy atom. The van der Waals surface area contributed by atoms with Crippen LogP contribution in [0.4, 0.5) is 4.79 Å². The Hall–Kier alpha value is -2.44. The predicted molar refractivity (Wildman–Crippen MR) is 115 cm³/mol. The van der Waals surface area contributed by atoms with Crippen LogP contribution in [0.15, 0.2) is 29.3 Å². The highest BCUT2D eigenvalue weighted by molar-refractivity contribution is 5.80. The van der Waals surface area contributed by atoms with Crippen molar-refractivity contribution in [3.63, 3.8) is 0 Å². The van der Waals surface area contributed by atoms with Gasteiger partial charge in [-0.2, -0.15) is 0 Å². The van der Waals surface area contributed by atoms with Crippen LogP contribution in [-0.4, -0.2) is 63.9 Å². The van der Waals surface area contributed by atoms with Crippen LogP contribution in [-0.2, 0) is 10.2 Å². The van der Waals surface area contributed by atoms with E-state index in [9.17, 15) is 4.79 Å². The van der Waals surface area contributed by atoms with Crippen molar-refractivity contribution in [2.45, 2.75) is 50.0 Å². The number of guanidine groups is 1. The molecule has 0 radical (unpaired) electrons. The SMILES string of the molecule is CN=C(NCC1(c2cccc(OC)c2)CCCC1)NC1CCN(C(=O)OC)CC1. The third-order valence-electron chi connectivity index (χ3n) is 6.33. The Balaban J connectivity index is 1.58. The molecule has 160 valence electrons. The molecule has 1 aliphatic heterocycles. The number of aliphatic imine (C=N–C) groups is 1.